The summed E-state index contributed by atoms with van der Waals surface area (Å²) >= 11 is 0. The smallest absolute Gasteiger partial charge is 1.00 e. The number of hydrogen-bond acceptors (Lipinski definition) is 2. The fourth-order valence-electron chi connectivity index (χ4n) is 2.48. The van der Waals surface area contributed by atoms with Crippen LogP contribution in [0.2, 0.25) is 0 Å². The molecule has 0 heterocycles. The average molecular weight is 333 g/mol. The Labute approximate surface area is 151 Å². The summed E-state index contributed by atoms with van der Waals surface area (Å²) in [4.78, 5) is 0. The molecule has 0 spiro atoms. The maximum atomic E-state index is 10.5. The zero-order valence-corrected chi connectivity index (χ0v) is 16.2. The number of rotatable bonds is 15. The van der Waals surface area contributed by atoms with E-state index in [0.29, 0.717) is 6.42 Å². The van der Waals surface area contributed by atoms with Gasteiger partial charge in [0, 0.05) is 0 Å². The monoisotopic (exact) mass is 332 g/mol. The van der Waals surface area contributed by atoms with Gasteiger partial charge < -0.3 is 2.85 Å². The Morgan fingerprint density at radius 1 is 0.667 bits per heavy atom. The average Bonchev–Trinajstić information content (AvgIpc) is 2.38. The maximum absolute atomic E-state index is 10.5. The van der Waals surface area contributed by atoms with Crippen LogP contribution < -0.4 is 0 Å². The minimum atomic E-state index is -3.74. The van der Waals surface area contributed by atoms with Gasteiger partial charge >= 0.3 is 23.1 Å². The second-order valence-corrected chi connectivity index (χ2v) is 7.45. The Kier molecular flexibility index (Phi) is 19.4. The summed E-state index contributed by atoms with van der Waals surface area (Å²) in [6.45, 7) is 2.25. The Bertz CT molecular complexity index is 302. The van der Waals surface area contributed by atoms with E-state index in [9.17, 15) is 8.42 Å². The Hall–Kier alpha value is 0.676. The minimum Gasteiger partial charge on any atom is -1.00 e. The first-order chi connectivity index (χ1) is 9.56. The first-order valence-electron chi connectivity index (χ1n) is 8.51. The van der Waals surface area contributed by atoms with Gasteiger partial charge in [0.15, 0.2) is 0 Å². The molecular formula is C16H36MgO3S. The molecule has 0 saturated heterocycles. The molecule has 0 saturated carbocycles. The first kappa shape index (κ1) is 23.9. The van der Waals surface area contributed by atoms with Gasteiger partial charge in [0.2, 0.25) is 0 Å². The van der Waals surface area contributed by atoms with E-state index in [4.69, 9.17) is 4.55 Å². The molecule has 0 aromatic carbocycles. The topological polar surface area (TPSA) is 54.4 Å². The molecular weight excluding hydrogens is 297 g/mol. The third-order valence-electron chi connectivity index (χ3n) is 3.76. The van der Waals surface area contributed by atoms with E-state index in [1.807, 2.05) is 0 Å². The van der Waals surface area contributed by atoms with Crippen LogP contribution in [0.3, 0.4) is 0 Å². The van der Waals surface area contributed by atoms with Gasteiger partial charge in [-0.05, 0) is 6.42 Å². The molecule has 1 N–H and O–H groups in total. The van der Waals surface area contributed by atoms with Gasteiger partial charge in [-0.2, -0.15) is 8.42 Å². The van der Waals surface area contributed by atoms with Crippen molar-refractivity contribution in [1.29, 1.82) is 0 Å². The quantitative estimate of drug-likeness (QED) is 0.255. The van der Waals surface area contributed by atoms with Crippen molar-refractivity contribution in [3.8, 4) is 0 Å². The van der Waals surface area contributed by atoms with Crippen LogP contribution in [-0.2, 0) is 10.1 Å². The van der Waals surface area contributed by atoms with Gasteiger partial charge in [0.1, 0.15) is 0 Å². The van der Waals surface area contributed by atoms with Gasteiger partial charge in [-0.15, -0.1) is 0 Å². The summed E-state index contributed by atoms with van der Waals surface area (Å²) in [6, 6.07) is 0. The molecule has 0 unspecified atom stereocenters. The molecule has 0 aliphatic carbocycles. The van der Waals surface area contributed by atoms with Crippen LogP contribution in [0.5, 0.6) is 0 Å². The summed E-state index contributed by atoms with van der Waals surface area (Å²) in [5, 5.41) is 0. The van der Waals surface area contributed by atoms with Crippen molar-refractivity contribution in [3.05, 3.63) is 0 Å². The van der Waals surface area contributed by atoms with Crippen molar-refractivity contribution in [2.75, 3.05) is 5.75 Å². The van der Waals surface area contributed by atoms with Crippen LogP contribution in [0.1, 0.15) is 99.7 Å². The van der Waals surface area contributed by atoms with Crippen LogP contribution in [0.25, 0.3) is 0 Å². The summed E-state index contributed by atoms with van der Waals surface area (Å²) in [5.74, 6) is -0.0783. The summed E-state index contributed by atoms with van der Waals surface area (Å²) in [6.07, 6.45) is 17.4. The summed E-state index contributed by atoms with van der Waals surface area (Å²) < 4.78 is 29.6. The second kappa shape index (κ2) is 17.0. The minimum absolute atomic E-state index is 0. The van der Waals surface area contributed by atoms with Crippen molar-refractivity contribution < 1.29 is 15.8 Å². The van der Waals surface area contributed by atoms with Crippen LogP contribution >= 0.6 is 0 Å². The van der Waals surface area contributed by atoms with E-state index in [1.54, 1.807) is 0 Å². The maximum Gasteiger partial charge on any atom is 2.00 e. The van der Waals surface area contributed by atoms with Crippen molar-refractivity contribution in [1.82, 2.24) is 0 Å². The number of unbranched alkanes of at least 4 members (excludes halogenated alkanes) is 13. The largest absolute Gasteiger partial charge is 2.00 e. The van der Waals surface area contributed by atoms with Gasteiger partial charge in [-0.1, -0.05) is 90.4 Å². The fraction of sp³-hybridized carbons (Fsp3) is 1.00. The predicted molar refractivity (Wildman–Crippen MR) is 94.7 cm³/mol. The second-order valence-electron chi connectivity index (χ2n) is 5.88. The zero-order chi connectivity index (χ0) is 15.1. The van der Waals surface area contributed by atoms with Crippen LogP contribution in [0.4, 0.5) is 0 Å². The van der Waals surface area contributed by atoms with Crippen molar-refractivity contribution in [2.45, 2.75) is 96.8 Å². The molecule has 3 nitrogen and oxygen atoms in total. The van der Waals surface area contributed by atoms with Crippen LogP contribution in [0.15, 0.2) is 0 Å². The van der Waals surface area contributed by atoms with Gasteiger partial charge in [-0.25, -0.2) is 0 Å². The molecule has 126 valence electrons. The Morgan fingerprint density at radius 3 is 1.24 bits per heavy atom. The molecule has 0 amide bonds. The van der Waals surface area contributed by atoms with Crippen molar-refractivity contribution in [3.63, 3.8) is 0 Å². The molecule has 0 radical (unpaired) electrons. The molecule has 0 rings (SSSR count). The SMILES string of the molecule is CCCCCCCCCCCCCCCCS(=O)(=O)O.[H-].[H-].[Mg+2]. The van der Waals surface area contributed by atoms with Crippen LogP contribution in [0, 0.1) is 0 Å². The molecule has 21 heavy (non-hydrogen) atoms. The third-order valence-corrected chi connectivity index (χ3v) is 4.56. The van der Waals surface area contributed by atoms with E-state index < -0.39 is 10.1 Å². The van der Waals surface area contributed by atoms with Crippen LogP contribution in [-0.4, -0.2) is 41.8 Å². The van der Waals surface area contributed by atoms with E-state index in [0.717, 1.165) is 12.8 Å². The normalized spacial score (nSPS) is 11.3. The Balaban J connectivity index is -0.000000602. The molecule has 0 aliphatic rings. The van der Waals surface area contributed by atoms with Crippen molar-refractivity contribution in [2.24, 2.45) is 0 Å². The molecule has 0 atom stereocenters. The molecule has 0 fully saturated rings. The Morgan fingerprint density at radius 2 is 0.952 bits per heavy atom. The van der Waals surface area contributed by atoms with E-state index in [1.165, 1.54) is 70.6 Å². The third kappa shape index (κ3) is 23.1. The van der Waals surface area contributed by atoms with Gasteiger partial charge in [0.25, 0.3) is 10.1 Å². The molecule has 5 heteroatoms. The molecule has 0 aromatic rings. The molecule has 0 bridgehead atoms. The zero-order valence-electron chi connectivity index (χ0n) is 16.0. The van der Waals surface area contributed by atoms with Gasteiger partial charge in [0.05, 0.1) is 5.75 Å². The van der Waals surface area contributed by atoms with E-state index in [-0.39, 0.29) is 31.7 Å². The first-order valence-corrected chi connectivity index (χ1v) is 10.1. The van der Waals surface area contributed by atoms with Crippen molar-refractivity contribution >= 4 is 33.2 Å². The van der Waals surface area contributed by atoms with E-state index >= 15 is 0 Å². The molecule has 0 aliphatic heterocycles. The van der Waals surface area contributed by atoms with Gasteiger partial charge in [-0.3, -0.25) is 4.55 Å². The standard InChI is InChI=1S/C16H34O3S.Mg.2H/c1-2-3-4-5-6-7-8-9-10-11-12-13-14-15-16-20(17,18)19;;;/h2-16H2,1H3,(H,17,18,19);;;/q;+2;2*-1. The number of hydrogen-bond donors (Lipinski definition) is 1. The van der Waals surface area contributed by atoms with E-state index in [2.05, 4.69) is 6.92 Å². The summed E-state index contributed by atoms with van der Waals surface area (Å²) in [7, 11) is -3.74. The predicted octanol–water partition coefficient (Wildman–Crippen LogP) is 5.20. The summed E-state index contributed by atoms with van der Waals surface area (Å²) in [5.41, 5.74) is 0. The fourth-order valence-corrected chi connectivity index (χ4v) is 3.05. The molecule has 0 aromatic heterocycles.